The molecule has 0 saturated carbocycles. The van der Waals surface area contributed by atoms with Gasteiger partial charge in [0.2, 0.25) is 5.91 Å². The summed E-state index contributed by atoms with van der Waals surface area (Å²) in [7, 11) is 1.60. The van der Waals surface area contributed by atoms with Gasteiger partial charge in [-0.25, -0.2) is 9.97 Å². The van der Waals surface area contributed by atoms with Crippen molar-refractivity contribution in [2.75, 3.05) is 18.2 Å². The summed E-state index contributed by atoms with van der Waals surface area (Å²) in [5.74, 6) is 0.725. The van der Waals surface area contributed by atoms with Gasteiger partial charge in [0, 0.05) is 16.5 Å². The number of anilines is 2. The fraction of sp³-hybridized carbons (Fsp3) is 0.207. The number of carbonyl (C=O) groups excluding carboxylic acids is 1. The highest BCUT2D eigenvalue weighted by atomic mass is 32.2. The molecule has 2 aromatic heterocycles. The highest BCUT2D eigenvalue weighted by Gasteiger charge is 2.25. The van der Waals surface area contributed by atoms with E-state index >= 15 is 0 Å². The van der Waals surface area contributed by atoms with E-state index in [0.29, 0.717) is 33.6 Å². The monoisotopic (exact) mass is 554 g/mol. The summed E-state index contributed by atoms with van der Waals surface area (Å²) in [5.41, 5.74) is 10.2. The molecule has 10 heteroatoms. The Bertz CT molecular complexity index is 1600. The number of para-hydroxylation sites is 1. The van der Waals surface area contributed by atoms with Gasteiger partial charge in [0.25, 0.3) is 0 Å². The molecule has 1 atom stereocenters. The van der Waals surface area contributed by atoms with Gasteiger partial charge in [0.05, 0.1) is 23.6 Å². The van der Waals surface area contributed by atoms with Crippen molar-refractivity contribution in [2.45, 2.75) is 37.0 Å². The van der Waals surface area contributed by atoms with Crippen LogP contribution in [-0.4, -0.2) is 28.2 Å². The first-order valence-electron chi connectivity index (χ1n) is 12.1. The highest BCUT2D eigenvalue weighted by Crippen LogP contribution is 2.38. The number of thioether (sulfide) groups is 1. The fourth-order valence-corrected chi connectivity index (χ4v) is 5.58. The molecular formula is C29H26N6O2S2. The minimum Gasteiger partial charge on any atom is -0.496 e. The number of methoxy groups -OCH3 is 1. The lowest BCUT2D eigenvalue weighted by atomic mass is 9.94. The molecule has 0 bridgehead atoms. The number of benzene rings is 2. The summed E-state index contributed by atoms with van der Waals surface area (Å²) < 4.78 is 5.41. The van der Waals surface area contributed by atoms with Crippen molar-refractivity contribution in [3.63, 3.8) is 0 Å². The highest BCUT2D eigenvalue weighted by molar-refractivity contribution is 8.00. The lowest BCUT2D eigenvalue weighted by molar-refractivity contribution is -0.115. The molecule has 4 rings (SSSR count). The number of hydrogen-bond donors (Lipinski definition) is 2. The number of ether oxygens (including phenoxy) is 1. The topological polar surface area (TPSA) is 138 Å². The molecule has 1 amide bonds. The van der Waals surface area contributed by atoms with E-state index in [2.05, 4.69) is 41.3 Å². The zero-order valence-corrected chi connectivity index (χ0v) is 23.5. The molecule has 196 valence electrons. The predicted molar refractivity (Wildman–Crippen MR) is 156 cm³/mol. The second-order valence-corrected chi connectivity index (χ2v) is 11.1. The van der Waals surface area contributed by atoms with Crippen LogP contribution in [0.4, 0.5) is 10.9 Å². The van der Waals surface area contributed by atoms with E-state index in [1.54, 1.807) is 14.0 Å². The predicted octanol–water partition coefficient (Wildman–Crippen LogP) is 6.45. The molecule has 0 saturated heterocycles. The number of nitrogens with one attached hydrogen (secondary N) is 1. The number of thiazole rings is 1. The lowest BCUT2D eigenvalue weighted by Crippen LogP contribution is -2.22. The van der Waals surface area contributed by atoms with Gasteiger partial charge in [-0.05, 0) is 36.1 Å². The number of nitrogens with zero attached hydrogens (tertiary/aromatic N) is 4. The van der Waals surface area contributed by atoms with Crippen molar-refractivity contribution < 1.29 is 9.53 Å². The number of aromatic nitrogens is 2. The Kier molecular flexibility index (Phi) is 8.50. The summed E-state index contributed by atoms with van der Waals surface area (Å²) in [6.07, 6.45) is 0. The third-order valence-electron chi connectivity index (χ3n) is 6.06. The van der Waals surface area contributed by atoms with Crippen LogP contribution in [0.5, 0.6) is 5.75 Å². The molecule has 1 unspecified atom stereocenters. The van der Waals surface area contributed by atoms with Crippen molar-refractivity contribution >= 4 is 40.0 Å². The van der Waals surface area contributed by atoms with Gasteiger partial charge in [0.1, 0.15) is 34.3 Å². The maximum absolute atomic E-state index is 13.1. The quantitative estimate of drug-likeness (QED) is 0.237. The molecule has 0 aliphatic carbocycles. The molecular weight excluding hydrogens is 528 g/mol. The van der Waals surface area contributed by atoms with Gasteiger partial charge >= 0.3 is 0 Å². The zero-order chi connectivity index (χ0) is 28.1. The van der Waals surface area contributed by atoms with Crippen molar-refractivity contribution in [3.8, 4) is 40.3 Å². The Balaban J connectivity index is 1.59. The summed E-state index contributed by atoms with van der Waals surface area (Å²) in [6.45, 7) is 5.89. The first-order chi connectivity index (χ1) is 18.8. The molecule has 4 aromatic rings. The molecule has 39 heavy (non-hydrogen) atoms. The van der Waals surface area contributed by atoms with Crippen LogP contribution in [-0.2, 0) is 4.79 Å². The number of nitrogen functional groups attached to an aromatic ring is 1. The van der Waals surface area contributed by atoms with Crippen LogP contribution >= 0.6 is 23.1 Å². The van der Waals surface area contributed by atoms with Gasteiger partial charge in [-0.15, -0.1) is 11.3 Å². The standard InChI is InChI=1S/C29H26N6O2S2/c1-16(2)18-9-11-19(12-10-18)25-21(13-30)26(32)34-28(22(25)14-31)39-17(3)27(36)35-29-33-23(15-38-29)20-7-5-6-8-24(20)37-4/h5-12,15-17H,1-4H3,(H2,32,34)(H,33,35,36). The summed E-state index contributed by atoms with van der Waals surface area (Å²) in [5, 5.41) is 24.7. The number of pyridine rings is 1. The number of rotatable bonds is 8. The third kappa shape index (κ3) is 5.88. The number of hydrogen-bond acceptors (Lipinski definition) is 9. The first-order valence-corrected chi connectivity index (χ1v) is 13.8. The van der Waals surface area contributed by atoms with Gasteiger partial charge in [-0.1, -0.05) is 62.0 Å². The molecule has 8 nitrogen and oxygen atoms in total. The second kappa shape index (κ2) is 12.0. The van der Waals surface area contributed by atoms with E-state index in [-0.39, 0.29) is 27.9 Å². The van der Waals surface area contributed by atoms with Crippen LogP contribution in [0, 0.1) is 22.7 Å². The summed E-state index contributed by atoms with van der Waals surface area (Å²) >= 11 is 2.40. The maximum atomic E-state index is 13.1. The lowest BCUT2D eigenvalue weighted by Gasteiger charge is -2.16. The SMILES string of the molecule is COc1ccccc1-c1csc(NC(=O)C(C)Sc2nc(N)c(C#N)c(-c3ccc(C(C)C)cc3)c2C#N)n1. The average Bonchev–Trinajstić information content (AvgIpc) is 3.40. The minimum atomic E-state index is -0.633. The zero-order valence-electron chi connectivity index (χ0n) is 21.9. The largest absolute Gasteiger partial charge is 0.496 e. The maximum Gasteiger partial charge on any atom is 0.239 e. The molecule has 0 spiro atoms. The number of carbonyl (C=O) groups is 1. The van der Waals surface area contributed by atoms with Gasteiger partial charge in [-0.3, -0.25) is 4.79 Å². The Hall–Kier alpha value is -4.38. The molecule has 0 radical (unpaired) electrons. The van der Waals surface area contributed by atoms with Gasteiger partial charge in [0.15, 0.2) is 5.13 Å². The van der Waals surface area contributed by atoms with Crippen molar-refractivity contribution in [3.05, 3.63) is 70.6 Å². The van der Waals surface area contributed by atoms with Crippen molar-refractivity contribution in [1.29, 1.82) is 10.5 Å². The Morgan fingerprint density at radius 2 is 1.74 bits per heavy atom. The van der Waals surface area contributed by atoms with E-state index in [1.165, 1.54) is 11.3 Å². The molecule has 0 aliphatic rings. The van der Waals surface area contributed by atoms with Gasteiger partial charge in [-0.2, -0.15) is 10.5 Å². The Morgan fingerprint density at radius 1 is 1.05 bits per heavy atom. The van der Waals surface area contributed by atoms with E-state index < -0.39 is 5.25 Å². The van der Waals surface area contributed by atoms with Crippen LogP contribution in [0.25, 0.3) is 22.4 Å². The van der Waals surface area contributed by atoms with E-state index in [4.69, 9.17) is 10.5 Å². The number of nitrogens with two attached hydrogens (primary N) is 1. The molecule has 0 aliphatic heterocycles. The summed E-state index contributed by atoms with van der Waals surface area (Å²) in [4.78, 5) is 21.9. The van der Waals surface area contributed by atoms with Gasteiger partial charge < -0.3 is 15.8 Å². The molecule has 2 aromatic carbocycles. The van der Waals surface area contributed by atoms with Crippen molar-refractivity contribution in [1.82, 2.24) is 9.97 Å². The van der Waals surface area contributed by atoms with Crippen LogP contribution in [0.1, 0.15) is 43.4 Å². The van der Waals surface area contributed by atoms with Crippen LogP contribution in [0.2, 0.25) is 0 Å². The second-order valence-electron chi connectivity index (χ2n) is 8.92. The smallest absolute Gasteiger partial charge is 0.239 e. The molecule has 0 fully saturated rings. The minimum absolute atomic E-state index is 0.0101. The van der Waals surface area contributed by atoms with E-state index in [9.17, 15) is 15.3 Å². The van der Waals surface area contributed by atoms with E-state index in [1.807, 2.05) is 53.9 Å². The molecule has 3 N–H and O–H groups in total. The van der Waals surface area contributed by atoms with Crippen LogP contribution in [0.3, 0.4) is 0 Å². The average molecular weight is 555 g/mol. The third-order valence-corrected chi connectivity index (χ3v) is 7.90. The first kappa shape index (κ1) is 27.6. The fourth-order valence-electron chi connectivity index (χ4n) is 3.95. The van der Waals surface area contributed by atoms with E-state index in [0.717, 1.165) is 22.9 Å². The number of nitriles is 2. The van der Waals surface area contributed by atoms with Crippen molar-refractivity contribution in [2.24, 2.45) is 0 Å². The summed E-state index contributed by atoms with van der Waals surface area (Å²) in [6, 6.07) is 19.5. The van der Waals surface area contributed by atoms with Crippen LogP contribution < -0.4 is 15.8 Å². The normalized spacial score (nSPS) is 11.5. The Labute approximate surface area is 235 Å². The molecule has 2 heterocycles. The Morgan fingerprint density at radius 3 is 2.38 bits per heavy atom. The number of amides is 1. The van der Waals surface area contributed by atoms with Crippen LogP contribution in [0.15, 0.2) is 58.9 Å².